The molecule has 2 heterocycles. The summed E-state index contributed by atoms with van der Waals surface area (Å²) in [6.07, 6.45) is 1.76. The smallest absolute Gasteiger partial charge is 0.259 e. The van der Waals surface area contributed by atoms with Crippen LogP contribution < -0.4 is 11.1 Å². The third-order valence-corrected chi connectivity index (χ3v) is 5.25. The number of anilines is 1. The fraction of sp³-hybridized carbons (Fsp3) is 0.0455. The van der Waals surface area contributed by atoms with Gasteiger partial charge in [0, 0.05) is 17.4 Å². The lowest BCUT2D eigenvalue weighted by atomic mass is 10.1. The van der Waals surface area contributed by atoms with E-state index < -0.39 is 5.91 Å². The van der Waals surface area contributed by atoms with Crippen LogP contribution in [0, 0.1) is 0 Å². The van der Waals surface area contributed by atoms with Crippen molar-refractivity contribution < 1.29 is 9.59 Å². The highest BCUT2D eigenvalue weighted by Crippen LogP contribution is 2.27. The summed E-state index contributed by atoms with van der Waals surface area (Å²) in [7, 11) is 0. The zero-order valence-corrected chi connectivity index (χ0v) is 16.2. The van der Waals surface area contributed by atoms with Gasteiger partial charge in [-0.15, -0.1) is 11.3 Å². The van der Waals surface area contributed by atoms with Crippen molar-refractivity contribution in [1.82, 2.24) is 9.78 Å². The fourth-order valence-corrected chi connectivity index (χ4v) is 3.67. The normalized spacial score (nSPS) is 10.6. The molecule has 4 rings (SSSR count). The topological polar surface area (TPSA) is 90.0 Å². The van der Waals surface area contributed by atoms with Gasteiger partial charge in [0.1, 0.15) is 5.69 Å². The van der Waals surface area contributed by atoms with Gasteiger partial charge in [0.15, 0.2) is 0 Å². The summed E-state index contributed by atoms with van der Waals surface area (Å²) < 4.78 is 1.77. The second-order valence-corrected chi connectivity index (χ2v) is 7.40. The van der Waals surface area contributed by atoms with E-state index in [1.165, 1.54) is 11.3 Å². The number of amides is 2. The number of carbonyl (C=O) groups is 2. The number of hydrogen-bond acceptors (Lipinski definition) is 4. The highest BCUT2D eigenvalue weighted by atomic mass is 32.1. The number of nitrogens with two attached hydrogens (primary N) is 1. The molecular weight excluding hydrogens is 384 g/mol. The first kappa shape index (κ1) is 18.6. The molecule has 144 valence electrons. The minimum Gasteiger partial charge on any atom is -0.366 e. The lowest BCUT2D eigenvalue weighted by Crippen LogP contribution is -2.13. The molecule has 0 spiro atoms. The van der Waals surface area contributed by atoms with Gasteiger partial charge in [0.25, 0.3) is 5.91 Å². The Labute approximate surface area is 171 Å². The number of aromatic nitrogens is 2. The standard InChI is InChI=1S/C22H18N4O2S/c23-21(27)16-8-10-17(11-9-16)24-22(28)18-14-26(13-15-5-2-1-3-6-15)25-20(18)19-7-4-12-29-19/h1-12,14H,13H2,(H2,23,27)(H,24,28). The zero-order valence-electron chi connectivity index (χ0n) is 15.4. The van der Waals surface area contributed by atoms with E-state index in [2.05, 4.69) is 10.4 Å². The first-order chi connectivity index (χ1) is 14.1. The highest BCUT2D eigenvalue weighted by Gasteiger charge is 2.19. The number of hydrogen-bond donors (Lipinski definition) is 2. The van der Waals surface area contributed by atoms with Crippen LogP contribution in [0.4, 0.5) is 5.69 Å². The van der Waals surface area contributed by atoms with Crippen molar-refractivity contribution in [2.24, 2.45) is 5.73 Å². The van der Waals surface area contributed by atoms with E-state index in [0.717, 1.165) is 10.4 Å². The third kappa shape index (κ3) is 4.25. The van der Waals surface area contributed by atoms with Crippen LogP contribution in [0.2, 0.25) is 0 Å². The van der Waals surface area contributed by atoms with E-state index in [1.54, 1.807) is 35.1 Å². The number of nitrogens with one attached hydrogen (secondary N) is 1. The zero-order chi connectivity index (χ0) is 20.2. The number of nitrogens with zero attached hydrogens (tertiary/aromatic N) is 2. The summed E-state index contributed by atoms with van der Waals surface area (Å²) in [6, 6.07) is 20.3. The van der Waals surface area contributed by atoms with Gasteiger partial charge in [-0.2, -0.15) is 5.10 Å². The molecule has 2 amide bonds. The Morgan fingerprint density at radius 2 is 1.76 bits per heavy atom. The summed E-state index contributed by atoms with van der Waals surface area (Å²) in [4.78, 5) is 25.1. The lowest BCUT2D eigenvalue weighted by molar-refractivity contribution is 0.0998. The summed E-state index contributed by atoms with van der Waals surface area (Å²) in [5.41, 5.74) is 8.45. The van der Waals surface area contributed by atoms with Crippen LogP contribution in [-0.2, 0) is 6.54 Å². The van der Waals surface area contributed by atoms with Gasteiger partial charge in [0.05, 0.1) is 17.0 Å². The summed E-state index contributed by atoms with van der Waals surface area (Å²) in [5.74, 6) is -0.774. The van der Waals surface area contributed by atoms with Crippen LogP contribution in [-0.4, -0.2) is 21.6 Å². The number of carbonyl (C=O) groups excluding carboxylic acids is 2. The first-order valence-corrected chi connectivity index (χ1v) is 9.84. The molecule has 0 unspecified atom stereocenters. The third-order valence-electron chi connectivity index (χ3n) is 4.38. The molecule has 0 saturated heterocycles. The molecule has 0 bridgehead atoms. The maximum Gasteiger partial charge on any atom is 0.259 e. The molecule has 29 heavy (non-hydrogen) atoms. The second kappa shape index (κ2) is 8.12. The van der Waals surface area contributed by atoms with Gasteiger partial charge in [-0.1, -0.05) is 36.4 Å². The first-order valence-electron chi connectivity index (χ1n) is 8.96. The Hall–Kier alpha value is -3.71. The van der Waals surface area contributed by atoms with Crippen LogP contribution in [0.15, 0.2) is 78.3 Å². The Morgan fingerprint density at radius 3 is 2.41 bits per heavy atom. The number of benzene rings is 2. The van der Waals surface area contributed by atoms with Gasteiger partial charge in [-0.3, -0.25) is 14.3 Å². The maximum absolute atomic E-state index is 13.0. The molecule has 4 aromatic rings. The van der Waals surface area contributed by atoms with Gasteiger partial charge in [-0.05, 0) is 41.3 Å². The van der Waals surface area contributed by atoms with Crippen LogP contribution in [0.3, 0.4) is 0 Å². The monoisotopic (exact) mass is 402 g/mol. The van der Waals surface area contributed by atoms with Crippen molar-refractivity contribution in [3.05, 3.63) is 95.0 Å². The van der Waals surface area contributed by atoms with E-state index in [9.17, 15) is 9.59 Å². The predicted molar refractivity (Wildman–Crippen MR) is 114 cm³/mol. The van der Waals surface area contributed by atoms with Crippen molar-refractivity contribution >= 4 is 28.8 Å². The maximum atomic E-state index is 13.0. The van der Waals surface area contributed by atoms with E-state index in [0.29, 0.717) is 29.1 Å². The molecule has 2 aromatic carbocycles. The van der Waals surface area contributed by atoms with Crippen LogP contribution >= 0.6 is 11.3 Å². The summed E-state index contributed by atoms with van der Waals surface area (Å²) >= 11 is 1.53. The van der Waals surface area contributed by atoms with E-state index in [4.69, 9.17) is 5.73 Å². The molecular formula is C22H18N4O2S. The summed E-state index contributed by atoms with van der Waals surface area (Å²) in [6.45, 7) is 0.569. The predicted octanol–water partition coefficient (Wildman–Crippen LogP) is 4.01. The molecule has 0 aliphatic carbocycles. The Morgan fingerprint density at radius 1 is 1.00 bits per heavy atom. The SMILES string of the molecule is NC(=O)c1ccc(NC(=O)c2cn(Cc3ccccc3)nc2-c2cccs2)cc1. The van der Waals surface area contributed by atoms with Crippen LogP contribution in [0.25, 0.3) is 10.6 Å². The molecule has 3 N–H and O–H groups in total. The fourth-order valence-electron chi connectivity index (χ4n) is 2.95. The number of primary amides is 1. The van der Waals surface area contributed by atoms with Crippen LogP contribution in [0.1, 0.15) is 26.3 Å². The van der Waals surface area contributed by atoms with Crippen molar-refractivity contribution in [3.63, 3.8) is 0 Å². The summed E-state index contributed by atoms with van der Waals surface area (Å²) in [5, 5.41) is 9.47. The minimum absolute atomic E-state index is 0.264. The average Bonchev–Trinajstić information content (AvgIpc) is 3.39. The van der Waals surface area contributed by atoms with Crippen molar-refractivity contribution in [2.45, 2.75) is 6.54 Å². The molecule has 0 atom stereocenters. The van der Waals surface area contributed by atoms with Gasteiger partial charge >= 0.3 is 0 Å². The molecule has 2 aromatic heterocycles. The van der Waals surface area contributed by atoms with E-state index >= 15 is 0 Å². The van der Waals surface area contributed by atoms with E-state index in [-0.39, 0.29) is 5.91 Å². The average molecular weight is 402 g/mol. The molecule has 0 saturated carbocycles. The quantitative estimate of drug-likeness (QED) is 0.511. The Balaban J connectivity index is 1.62. The number of rotatable bonds is 6. The molecule has 7 heteroatoms. The molecule has 0 aliphatic rings. The largest absolute Gasteiger partial charge is 0.366 e. The van der Waals surface area contributed by atoms with Crippen molar-refractivity contribution in [1.29, 1.82) is 0 Å². The van der Waals surface area contributed by atoms with Gasteiger partial charge in [0.2, 0.25) is 5.91 Å². The van der Waals surface area contributed by atoms with Crippen molar-refractivity contribution in [3.8, 4) is 10.6 Å². The van der Waals surface area contributed by atoms with Crippen molar-refractivity contribution in [2.75, 3.05) is 5.32 Å². The van der Waals surface area contributed by atoms with Gasteiger partial charge < -0.3 is 11.1 Å². The van der Waals surface area contributed by atoms with Gasteiger partial charge in [-0.25, -0.2) is 0 Å². The molecule has 0 fully saturated rings. The van der Waals surface area contributed by atoms with E-state index in [1.807, 2.05) is 47.8 Å². The Bertz CT molecular complexity index is 1130. The molecule has 0 radical (unpaired) electrons. The lowest BCUT2D eigenvalue weighted by Gasteiger charge is -2.05. The van der Waals surface area contributed by atoms with Crippen LogP contribution in [0.5, 0.6) is 0 Å². The molecule has 6 nitrogen and oxygen atoms in total. The second-order valence-electron chi connectivity index (χ2n) is 6.45. The highest BCUT2D eigenvalue weighted by molar-refractivity contribution is 7.13. The Kier molecular flexibility index (Phi) is 5.22. The number of thiophene rings is 1. The minimum atomic E-state index is -0.509. The molecule has 0 aliphatic heterocycles.